The molecule has 0 radical (unpaired) electrons. The Morgan fingerprint density at radius 1 is 1.05 bits per heavy atom. The van der Waals surface area contributed by atoms with Crippen LogP contribution in [-0.4, -0.2) is 31.9 Å². The second-order valence-electron chi connectivity index (χ2n) is 10.1. The summed E-state index contributed by atoms with van der Waals surface area (Å²) in [6, 6.07) is 9.65. The summed E-state index contributed by atoms with van der Waals surface area (Å²) >= 11 is 0. The average Bonchev–Trinajstić information content (AvgIpc) is 3.27. The number of carboxylic acid groups (broad SMARTS) is 2. The number of aromatic nitrogens is 2. The Bertz CT molecular complexity index is 1580. The molecule has 7 nitrogen and oxygen atoms in total. The molecule has 1 aromatic heterocycles. The average molecular weight is 555 g/mol. The Balaban J connectivity index is 1.69. The quantitative estimate of drug-likeness (QED) is 0.356. The van der Waals surface area contributed by atoms with Gasteiger partial charge in [-0.2, -0.15) is 18.3 Å². The monoisotopic (exact) mass is 554 g/mol. The summed E-state index contributed by atoms with van der Waals surface area (Å²) in [5.41, 5.74) is 1.93. The zero-order valence-electron chi connectivity index (χ0n) is 22.7. The third kappa shape index (κ3) is 5.13. The van der Waals surface area contributed by atoms with Crippen LogP contribution in [0, 0.1) is 20.8 Å². The first kappa shape index (κ1) is 28.7. The molecule has 1 heterocycles. The molecule has 0 spiro atoms. The predicted octanol–water partition coefficient (Wildman–Crippen LogP) is 6.29. The Kier molecular flexibility index (Phi) is 7.40. The zero-order chi connectivity index (χ0) is 29.6. The highest BCUT2D eigenvalue weighted by molar-refractivity contribution is 5.94. The van der Waals surface area contributed by atoms with Crippen LogP contribution in [0.25, 0.3) is 11.3 Å². The number of hydrogen-bond donors (Lipinski definition) is 2. The van der Waals surface area contributed by atoms with Gasteiger partial charge in [-0.05, 0) is 79.3 Å². The van der Waals surface area contributed by atoms with Gasteiger partial charge in [-0.3, -0.25) is 9.48 Å². The van der Waals surface area contributed by atoms with Crippen LogP contribution in [0.5, 0.6) is 5.75 Å². The minimum absolute atomic E-state index is 0.00257. The summed E-state index contributed by atoms with van der Waals surface area (Å²) in [6.45, 7) is 6.97. The molecule has 2 aromatic carbocycles. The van der Waals surface area contributed by atoms with Crippen molar-refractivity contribution in [1.82, 2.24) is 9.78 Å². The molecule has 210 valence electrons. The van der Waals surface area contributed by atoms with Crippen molar-refractivity contribution in [3.05, 3.63) is 93.2 Å². The predicted molar refractivity (Wildman–Crippen MR) is 142 cm³/mol. The van der Waals surface area contributed by atoms with E-state index in [1.54, 1.807) is 45.0 Å². The van der Waals surface area contributed by atoms with Crippen LogP contribution in [0.1, 0.15) is 46.9 Å². The first-order chi connectivity index (χ1) is 18.7. The van der Waals surface area contributed by atoms with Crippen molar-refractivity contribution in [1.29, 1.82) is 0 Å². The number of aryl methyl sites for hydroxylation is 4. The minimum atomic E-state index is -4.53. The molecule has 0 fully saturated rings. The van der Waals surface area contributed by atoms with E-state index in [9.17, 15) is 33.0 Å². The number of benzene rings is 2. The topological polar surface area (TPSA) is 102 Å². The van der Waals surface area contributed by atoms with Crippen molar-refractivity contribution in [2.75, 3.05) is 0 Å². The molecule has 1 unspecified atom stereocenters. The second-order valence-corrected chi connectivity index (χ2v) is 10.1. The number of allylic oxidation sites excluding steroid dienone is 2. The van der Waals surface area contributed by atoms with E-state index in [0.717, 1.165) is 16.3 Å². The van der Waals surface area contributed by atoms with Crippen molar-refractivity contribution in [2.24, 2.45) is 7.05 Å². The normalized spacial score (nSPS) is 17.3. The number of halogens is 3. The Labute approximate surface area is 229 Å². The van der Waals surface area contributed by atoms with Crippen LogP contribution in [0.2, 0.25) is 0 Å². The van der Waals surface area contributed by atoms with Gasteiger partial charge in [0.15, 0.2) is 0 Å². The lowest BCUT2D eigenvalue weighted by molar-refractivity contribution is -0.144. The summed E-state index contributed by atoms with van der Waals surface area (Å²) in [5, 5.41) is 24.1. The molecule has 0 bridgehead atoms. The Morgan fingerprint density at radius 3 is 2.35 bits per heavy atom. The molecule has 3 aromatic rings. The van der Waals surface area contributed by atoms with Gasteiger partial charge < -0.3 is 14.9 Å². The van der Waals surface area contributed by atoms with E-state index in [4.69, 9.17) is 4.74 Å². The van der Waals surface area contributed by atoms with Gasteiger partial charge in [0.1, 0.15) is 23.5 Å². The standard InChI is InChI=1S/C30H29F3N2O5/c1-16-7-6-8-23(29(28(38)39)10-9-17(2)21(14-29)27(36)37)22(16)15-40-25-12-18(3)20(11-19(25)4)24-13-26(30(31,32)33)35(5)34-24/h6-13H,14-15H2,1-5H3,(H,36,37)(H,38,39). The SMILES string of the molecule is CC1=C(C(=O)O)CC(C(=O)O)(c2cccc(C)c2COc2cc(C)c(-c3cc(C(F)(F)F)n(C)n3)cc2C)C=C1. The van der Waals surface area contributed by atoms with E-state index in [0.29, 0.717) is 39.1 Å². The summed E-state index contributed by atoms with van der Waals surface area (Å²) in [7, 11) is 1.24. The number of carboxylic acids is 2. The van der Waals surface area contributed by atoms with Gasteiger partial charge in [0.05, 0.1) is 5.69 Å². The number of aliphatic carboxylic acids is 2. The van der Waals surface area contributed by atoms with Crippen molar-refractivity contribution in [3.63, 3.8) is 0 Å². The maximum Gasteiger partial charge on any atom is 0.433 e. The van der Waals surface area contributed by atoms with E-state index in [1.165, 1.54) is 19.2 Å². The molecule has 0 saturated carbocycles. The van der Waals surface area contributed by atoms with Gasteiger partial charge in [0, 0.05) is 24.6 Å². The zero-order valence-corrected chi connectivity index (χ0v) is 22.7. The van der Waals surface area contributed by atoms with Gasteiger partial charge in [-0.1, -0.05) is 30.4 Å². The third-order valence-electron chi connectivity index (χ3n) is 7.42. The summed E-state index contributed by atoms with van der Waals surface area (Å²) in [4.78, 5) is 24.5. The molecule has 1 aliphatic carbocycles. The molecule has 0 saturated heterocycles. The number of carbonyl (C=O) groups is 2. The maximum atomic E-state index is 13.3. The Hall–Kier alpha value is -4.34. The van der Waals surface area contributed by atoms with E-state index in [-0.39, 0.29) is 24.3 Å². The highest BCUT2D eigenvalue weighted by Gasteiger charge is 2.44. The first-order valence-electron chi connectivity index (χ1n) is 12.5. The second kappa shape index (κ2) is 10.3. The fraction of sp³-hybridized carbons (Fsp3) is 0.300. The van der Waals surface area contributed by atoms with E-state index in [2.05, 4.69) is 5.10 Å². The molecule has 40 heavy (non-hydrogen) atoms. The number of ether oxygens (including phenoxy) is 1. The molecule has 10 heteroatoms. The van der Waals surface area contributed by atoms with Crippen molar-refractivity contribution < 1.29 is 37.7 Å². The van der Waals surface area contributed by atoms with Crippen molar-refractivity contribution >= 4 is 11.9 Å². The van der Waals surface area contributed by atoms with Crippen molar-refractivity contribution in [3.8, 4) is 17.0 Å². The third-order valence-corrected chi connectivity index (χ3v) is 7.42. The van der Waals surface area contributed by atoms with E-state index >= 15 is 0 Å². The van der Waals surface area contributed by atoms with Crippen LogP contribution in [0.3, 0.4) is 0 Å². The van der Waals surface area contributed by atoms with Gasteiger partial charge in [-0.25, -0.2) is 4.79 Å². The highest BCUT2D eigenvalue weighted by Crippen LogP contribution is 2.41. The van der Waals surface area contributed by atoms with Crippen molar-refractivity contribution in [2.45, 2.75) is 52.3 Å². The molecule has 4 rings (SSSR count). The lowest BCUT2D eigenvalue weighted by Gasteiger charge is -2.32. The van der Waals surface area contributed by atoms with Crippen LogP contribution in [0.4, 0.5) is 13.2 Å². The van der Waals surface area contributed by atoms with Crippen LogP contribution in [-0.2, 0) is 34.8 Å². The lowest BCUT2D eigenvalue weighted by Crippen LogP contribution is -2.38. The molecular weight excluding hydrogens is 525 g/mol. The van der Waals surface area contributed by atoms with Gasteiger partial charge in [0.25, 0.3) is 0 Å². The molecule has 1 atom stereocenters. The molecule has 1 aliphatic rings. The summed E-state index contributed by atoms with van der Waals surface area (Å²) < 4.78 is 46.8. The smallest absolute Gasteiger partial charge is 0.433 e. The van der Waals surface area contributed by atoms with E-state index < -0.39 is 29.2 Å². The fourth-order valence-corrected chi connectivity index (χ4v) is 5.08. The maximum absolute atomic E-state index is 13.3. The van der Waals surface area contributed by atoms with Gasteiger partial charge in [0.2, 0.25) is 0 Å². The molecular formula is C30H29F3N2O5. The first-order valence-corrected chi connectivity index (χ1v) is 12.5. The fourth-order valence-electron chi connectivity index (χ4n) is 5.08. The number of rotatable bonds is 7. The number of alkyl halides is 3. The molecule has 0 aliphatic heterocycles. The summed E-state index contributed by atoms with van der Waals surface area (Å²) in [5.74, 6) is -1.86. The Morgan fingerprint density at radius 2 is 1.75 bits per heavy atom. The summed E-state index contributed by atoms with van der Waals surface area (Å²) in [6.07, 6.45) is -1.69. The van der Waals surface area contributed by atoms with E-state index in [1.807, 2.05) is 13.0 Å². The van der Waals surface area contributed by atoms with Crippen LogP contribution >= 0.6 is 0 Å². The lowest BCUT2D eigenvalue weighted by atomic mass is 9.69. The molecule has 2 N–H and O–H groups in total. The van der Waals surface area contributed by atoms with Crippen LogP contribution < -0.4 is 4.74 Å². The highest BCUT2D eigenvalue weighted by atomic mass is 19.4. The minimum Gasteiger partial charge on any atom is -0.489 e. The molecule has 0 amide bonds. The van der Waals surface area contributed by atoms with Gasteiger partial charge in [-0.15, -0.1) is 0 Å². The van der Waals surface area contributed by atoms with Gasteiger partial charge >= 0.3 is 18.1 Å². The number of nitrogens with zero attached hydrogens (tertiary/aromatic N) is 2. The van der Waals surface area contributed by atoms with Crippen LogP contribution in [0.15, 0.2) is 59.7 Å². The number of hydrogen-bond acceptors (Lipinski definition) is 4. The largest absolute Gasteiger partial charge is 0.489 e.